The van der Waals surface area contributed by atoms with Gasteiger partial charge in [0.15, 0.2) is 5.96 Å². The molecule has 0 radical (unpaired) electrons. The van der Waals surface area contributed by atoms with Gasteiger partial charge in [-0.15, -0.1) is 0 Å². The van der Waals surface area contributed by atoms with Crippen LogP contribution in [0.2, 0.25) is 0 Å². The predicted octanol–water partition coefficient (Wildman–Crippen LogP) is 0.535. The van der Waals surface area contributed by atoms with E-state index in [1.54, 1.807) is 14.2 Å². The van der Waals surface area contributed by atoms with Crippen molar-refractivity contribution in [2.45, 2.75) is 13.0 Å². The highest BCUT2D eigenvalue weighted by atomic mass is 16.5. The number of ether oxygens (including phenoxy) is 1. The highest BCUT2D eigenvalue weighted by molar-refractivity contribution is 5.79. The number of hydrogen-bond donors (Lipinski definition) is 2. The van der Waals surface area contributed by atoms with Gasteiger partial charge in [0, 0.05) is 71.8 Å². The van der Waals surface area contributed by atoms with Crippen molar-refractivity contribution in [2.24, 2.45) is 4.99 Å². The Labute approximate surface area is 145 Å². The SMILES string of the molecule is CN=C(NCCCOC)NCc1cccnc1N1CCN(C)CC1. The van der Waals surface area contributed by atoms with Crippen molar-refractivity contribution < 1.29 is 4.74 Å². The first-order valence-electron chi connectivity index (χ1n) is 8.55. The van der Waals surface area contributed by atoms with Gasteiger partial charge in [-0.2, -0.15) is 0 Å². The van der Waals surface area contributed by atoms with E-state index >= 15 is 0 Å². The molecule has 0 amide bonds. The van der Waals surface area contributed by atoms with Crippen LogP contribution in [0.1, 0.15) is 12.0 Å². The van der Waals surface area contributed by atoms with E-state index in [9.17, 15) is 0 Å². The number of methoxy groups -OCH3 is 1. The molecule has 2 N–H and O–H groups in total. The smallest absolute Gasteiger partial charge is 0.191 e. The molecule has 0 aromatic carbocycles. The minimum Gasteiger partial charge on any atom is -0.385 e. The van der Waals surface area contributed by atoms with Gasteiger partial charge in [0.25, 0.3) is 0 Å². The molecule has 1 saturated heterocycles. The average Bonchev–Trinajstić information content (AvgIpc) is 2.62. The summed E-state index contributed by atoms with van der Waals surface area (Å²) < 4.78 is 5.06. The third-order valence-electron chi connectivity index (χ3n) is 4.16. The van der Waals surface area contributed by atoms with Crippen LogP contribution in [0.3, 0.4) is 0 Å². The van der Waals surface area contributed by atoms with Gasteiger partial charge in [0.1, 0.15) is 5.82 Å². The van der Waals surface area contributed by atoms with Crippen molar-refractivity contribution in [1.82, 2.24) is 20.5 Å². The van der Waals surface area contributed by atoms with E-state index in [1.165, 1.54) is 5.56 Å². The zero-order chi connectivity index (χ0) is 17.2. The molecule has 134 valence electrons. The average molecular weight is 334 g/mol. The molecule has 0 bridgehead atoms. The third kappa shape index (κ3) is 5.65. The Bertz CT molecular complexity index is 514. The molecule has 1 aromatic rings. The van der Waals surface area contributed by atoms with Gasteiger partial charge in [0.2, 0.25) is 0 Å². The lowest BCUT2D eigenvalue weighted by Gasteiger charge is -2.34. The summed E-state index contributed by atoms with van der Waals surface area (Å²) in [5.74, 6) is 1.88. The van der Waals surface area contributed by atoms with E-state index in [2.05, 4.69) is 43.5 Å². The van der Waals surface area contributed by atoms with E-state index in [0.717, 1.165) is 57.5 Å². The molecular weight excluding hydrogens is 304 g/mol. The second kappa shape index (κ2) is 10.1. The number of aliphatic imine (C=N–C) groups is 1. The zero-order valence-corrected chi connectivity index (χ0v) is 15.1. The maximum atomic E-state index is 5.06. The van der Waals surface area contributed by atoms with Gasteiger partial charge in [-0.3, -0.25) is 4.99 Å². The third-order valence-corrected chi connectivity index (χ3v) is 4.16. The second-order valence-corrected chi connectivity index (χ2v) is 5.98. The lowest BCUT2D eigenvalue weighted by Crippen LogP contribution is -2.45. The second-order valence-electron chi connectivity index (χ2n) is 5.98. The molecule has 7 heteroatoms. The first-order valence-corrected chi connectivity index (χ1v) is 8.55. The maximum absolute atomic E-state index is 5.06. The summed E-state index contributed by atoms with van der Waals surface area (Å²) in [5.41, 5.74) is 1.20. The molecule has 1 fully saturated rings. The van der Waals surface area contributed by atoms with Gasteiger partial charge in [-0.1, -0.05) is 6.07 Å². The van der Waals surface area contributed by atoms with Crippen molar-refractivity contribution in [3.8, 4) is 0 Å². The molecule has 1 aliphatic heterocycles. The Balaban J connectivity index is 1.90. The van der Waals surface area contributed by atoms with E-state index in [1.807, 2.05) is 12.3 Å². The number of hydrogen-bond acceptors (Lipinski definition) is 5. The lowest BCUT2D eigenvalue weighted by molar-refractivity contribution is 0.195. The first-order chi connectivity index (χ1) is 11.7. The van der Waals surface area contributed by atoms with Crippen LogP contribution in [0, 0.1) is 0 Å². The maximum Gasteiger partial charge on any atom is 0.191 e. The summed E-state index contributed by atoms with van der Waals surface area (Å²) in [7, 11) is 5.67. The highest BCUT2D eigenvalue weighted by Crippen LogP contribution is 2.18. The molecule has 0 unspecified atom stereocenters. The fourth-order valence-corrected chi connectivity index (χ4v) is 2.69. The fraction of sp³-hybridized carbons (Fsp3) is 0.647. The van der Waals surface area contributed by atoms with Gasteiger partial charge >= 0.3 is 0 Å². The van der Waals surface area contributed by atoms with Gasteiger partial charge < -0.3 is 25.2 Å². The molecule has 1 aliphatic rings. The Hall–Kier alpha value is -1.86. The number of likely N-dealkylation sites (N-methyl/N-ethyl adjacent to an activating group) is 1. The Morgan fingerprint density at radius 1 is 1.29 bits per heavy atom. The van der Waals surface area contributed by atoms with E-state index in [0.29, 0.717) is 6.54 Å². The summed E-state index contributed by atoms with van der Waals surface area (Å²) in [6.07, 6.45) is 2.83. The normalized spacial score (nSPS) is 16.3. The first kappa shape index (κ1) is 18.5. The summed E-state index contributed by atoms with van der Waals surface area (Å²) >= 11 is 0. The van der Waals surface area contributed by atoms with Crippen molar-refractivity contribution in [3.05, 3.63) is 23.9 Å². The van der Waals surface area contributed by atoms with E-state index < -0.39 is 0 Å². The van der Waals surface area contributed by atoms with Crippen LogP contribution < -0.4 is 15.5 Å². The van der Waals surface area contributed by atoms with Crippen LogP contribution in [-0.4, -0.2) is 76.4 Å². The Morgan fingerprint density at radius 2 is 2.08 bits per heavy atom. The highest BCUT2D eigenvalue weighted by Gasteiger charge is 2.17. The minimum atomic E-state index is 0.708. The van der Waals surface area contributed by atoms with Crippen LogP contribution >= 0.6 is 0 Å². The van der Waals surface area contributed by atoms with Crippen LogP contribution in [0.15, 0.2) is 23.3 Å². The molecular formula is C17H30N6O. The standard InChI is InChI=1S/C17H30N6O/c1-18-17(20-8-5-13-24-3)21-14-15-6-4-7-19-16(15)23-11-9-22(2)10-12-23/h4,6-7H,5,8-14H2,1-3H3,(H2,18,20,21). The van der Waals surface area contributed by atoms with Crippen LogP contribution in [0.25, 0.3) is 0 Å². The Kier molecular flexibility index (Phi) is 7.77. The Morgan fingerprint density at radius 3 is 2.79 bits per heavy atom. The topological polar surface area (TPSA) is 65.0 Å². The number of piperazine rings is 1. The molecule has 0 aliphatic carbocycles. The number of anilines is 1. The summed E-state index contributed by atoms with van der Waals surface area (Å²) in [5, 5.41) is 6.67. The molecule has 7 nitrogen and oxygen atoms in total. The summed E-state index contributed by atoms with van der Waals surface area (Å²) in [6, 6.07) is 4.12. The number of rotatable bonds is 7. The molecule has 0 spiro atoms. The minimum absolute atomic E-state index is 0.708. The largest absolute Gasteiger partial charge is 0.385 e. The van der Waals surface area contributed by atoms with Crippen molar-refractivity contribution in [1.29, 1.82) is 0 Å². The van der Waals surface area contributed by atoms with Gasteiger partial charge in [-0.05, 0) is 19.5 Å². The van der Waals surface area contributed by atoms with E-state index in [-0.39, 0.29) is 0 Å². The van der Waals surface area contributed by atoms with E-state index in [4.69, 9.17) is 4.74 Å². The molecule has 2 rings (SSSR count). The fourth-order valence-electron chi connectivity index (χ4n) is 2.69. The predicted molar refractivity (Wildman–Crippen MR) is 98.6 cm³/mol. The zero-order valence-electron chi connectivity index (χ0n) is 15.1. The van der Waals surface area contributed by atoms with Gasteiger partial charge in [0.05, 0.1) is 0 Å². The number of nitrogens with zero attached hydrogens (tertiary/aromatic N) is 4. The van der Waals surface area contributed by atoms with Crippen LogP contribution in [0.4, 0.5) is 5.82 Å². The number of aromatic nitrogens is 1. The van der Waals surface area contributed by atoms with Crippen LogP contribution in [0.5, 0.6) is 0 Å². The molecule has 1 aromatic heterocycles. The molecule has 2 heterocycles. The molecule has 0 atom stereocenters. The van der Waals surface area contributed by atoms with Gasteiger partial charge in [-0.25, -0.2) is 4.98 Å². The van der Waals surface area contributed by atoms with Crippen LogP contribution in [-0.2, 0) is 11.3 Å². The number of pyridine rings is 1. The quantitative estimate of drug-likeness (QED) is 0.431. The monoisotopic (exact) mass is 334 g/mol. The lowest BCUT2D eigenvalue weighted by atomic mass is 10.2. The van der Waals surface area contributed by atoms with Crippen molar-refractivity contribution in [3.63, 3.8) is 0 Å². The number of guanidine groups is 1. The number of nitrogens with one attached hydrogen (secondary N) is 2. The summed E-state index contributed by atoms with van der Waals surface area (Å²) in [4.78, 5) is 13.6. The molecule has 24 heavy (non-hydrogen) atoms. The summed E-state index contributed by atoms with van der Waals surface area (Å²) in [6.45, 7) is 6.48. The molecule has 0 saturated carbocycles. The van der Waals surface area contributed by atoms with Crippen molar-refractivity contribution >= 4 is 11.8 Å². The van der Waals surface area contributed by atoms with Crippen molar-refractivity contribution in [2.75, 3.05) is 65.4 Å².